The lowest BCUT2D eigenvalue weighted by atomic mass is 10.2. The highest BCUT2D eigenvalue weighted by molar-refractivity contribution is 7.98. The zero-order chi connectivity index (χ0) is 23.8. The molecule has 0 atom stereocenters. The average molecular weight is 468 g/mol. The van der Waals surface area contributed by atoms with Crippen molar-refractivity contribution in [2.24, 2.45) is 0 Å². The molecule has 0 aliphatic rings. The molecule has 3 rings (SSSR count). The first-order chi connectivity index (χ1) is 15.9. The van der Waals surface area contributed by atoms with Gasteiger partial charge < -0.3 is 20.1 Å². The van der Waals surface area contributed by atoms with Crippen molar-refractivity contribution in [3.8, 4) is 11.5 Å². The Morgan fingerprint density at radius 1 is 1.03 bits per heavy atom. The summed E-state index contributed by atoms with van der Waals surface area (Å²) in [6.45, 7) is -0.449. The minimum atomic E-state index is -0.620. The Hall–Kier alpha value is -4.05. The predicted octanol–water partition coefficient (Wildman–Crippen LogP) is 4.60. The highest BCUT2D eigenvalue weighted by Gasteiger charge is 2.18. The van der Waals surface area contributed by atoms with Crippen molar-refractivity contribution in [2.75, 3.05) is 30.6 Å². The van der Waals surface area contributed by atoms with Gasteiger partial charge in [-0.3, -0.25) is 19.7 Å². The van der Waals surface area contributed by atoms with Crippen molar-refractivity contribution in [2.45, 2.75) is 4.90 Å². The quantitative estimate of drug-likeness (QED) is 0.268. The minimum Gasteiger partial charge on any atom is -0.496 e. The normalized spacial score (nSPS) is 10.2. The van der Waals surface area contributed by atoms with Gasteiger partial charge in [0.25, 0.3) is 17.5 Å². The second-order valence-electron chi connectivity index (χ2n) is 6.66. The van der Waals surface area contributed by atoms with Gasteiger partial charge in [-0.2, -0.15) is 0 Å². The molecule has 170 valence electrons. The third-order valence-corrected chi connectivity index (χ3v) is 5.22. The summed E-state index contributed by atoms with van der Waals surface area (Å²) in [5.74, 6) is -0.518. The van der Waals surface area contributed by atoms with Crippen LogP contribution in [0.4, 0.5) is 17.1 Å². The van der Waals surface area contributed by atoms with Gasteiger partial charge in [0.05, 0.1) is 23.7 Å². The molecule has 9 nitrogen and oxygen atoms in total. The standard InChI is InChI=1S/C23H21N3O6S/c1-31-16-10-11-19(20(13-16)26(29)30)25-22(27)14-32-21-9-4-3-8-18(21)23(28)24-15-6-5-7-17(12-15)33-2/h3-13H,14H2,1-2H3,(H,24,28)(H,25,27). The first-order valence-corrected chi connectivity index (χ1v) is 10.9. The summed E-state index contributed by atoms with van der Waals surface area (Å²) in [4.78, 5) is 36.8. The third kappa shape index (κ3) is 6.23. The number of nitro groups is 1. The smallest absolute Gasteiger partial charge is 0.296 e. The number of hydrogen-bond acceptors (Lipinski definition) is 7. The molecular formula is C23H21N3O6S. The number of para-hydroxylation sites is 1. The molecule has 0 fully saturated rings. The number of anilines is 2. The first kappa shape index (κ1) is 23.6. The molecule has 0 aliphatic heterocycles. The van der Waals surface area contributed by atoms with E-state index in [1.165, 1.54) is 25.3 Å². The van der Waals surface area contributed by atoms with Gasteiger partial charge in [-0.15, -0.1) is 11.8 Å². The summed E-state index contributed by atoms with van der Waals surface area (Å²) in [5.41, 5.74) is 0.575. The van der Waals surface area contributed by atoms with Crippen LogP contribution < -0.4 is 20.1 Å². The number of carbonyl (C=O) groups excluding carboxylic acids is 2. The van der Waals surface area contributed by atoms with Crippen molar-refractivity contribution < 1.29 is 24.0 Å². The number of nitrogens with one attached hydrogen (secondary N) is 2. The number of benzene rings is 3. The summed E-state index contributed by atoms with van der Waals surface area (Å²) in [6.07, 6.45) is 1.94. The molecule has 3 aromatic carbocycles. The number of carbonyl (C=O) groups is 2. The fourth-order valence-electron chi connectivity index (χ4n) is 2.90. The number of rotatable bonds is 9. The summed E-state index contributed by atoms with van der Waals surface area (Å²) < 4.78 is 10.5. The van der Waals surface area contributed by atoms with Gasteiger partial charge in [0.15, 0.2) is 6.61 Å². The molecule has 0 heterocycles. The zero-order valence-corrected chi connectivity index (χ0v) is 18.7. The molecule has 10 heteroatoms. The van der Waals surface area contributed by atoms with E-state index in [1.54, 1.807) is 42.1 Å². The van der Waals surface area contributed by atoms with Gasteiger partial charge >= 0.3 is 0 Å². The second-order valence-corrected chi connectivity index (χ2v) is 7.54. The van der Waals surface area contributed by atoms with Crippen molar-refractivity contribution in [1.29, 1.82) is 0 Å². The Kier molecular flexibility index (Phi) is 7.87. The zero-order valence-electron chi connectivity index (χ0n) is 17.9. The first-order valence-electron chi connectivity index (χ1n) is 9.70. The molecular weight excluding hydrogens is 446 g/mol. The Labute approximate surface area is 194 Å². The molecule has 33 heavy (non-hydrogen) atoms. The molecule has 0 unspecified atom stereocenters. The van der Waals surface area contributed by atoms with E-state index >= 15 is 0 Å². The molecule has 0 saturated carbocycles. The van der Waals surface area contributed by atoms with Crippen molar-refractivity contribution >= 4 is 40.6 Å². The van der Waals surface area contributed by atoms with Crippen LogP contribution in [0.1, 0.15) is 10.4 Å². The topological polar surface area (TPSA) is 120 Å². The number of methoxy groups -OCH3 is 1. The number of hydrogen-bond donors (Lipinski definition) is 2. The van der Waals surface area contributed by atoms with Gasteiger partial charge in [-0.25, -0.2) is 0 Å². The fraction of sp³-hybridized carbons (Fsp3) is 0.130. The summed E-state index contributed by atoms with van der Waals surface area (Å²) in [5, 5.41) is 16.5. The van der Waals surface area contributed by atoms with E-state index in [1.807, 2.05) is 24.5 Å². The fourth-order valence-corrected chi connectivity index (χ4v) is 3.36. The van der Waals surface area contributed by atoms with E-state index in [0.29, 0.717) is 11.4 Å². The lowest BCUT2D eigenvalue weighted by molar-refractivity contribution is -0.384. The van der Waals surface area contributed by atoms with Crippen LogP contribution in [-0.2, 0) is 4.79 Å². The summed E-state index contributed by atoms with van der Waals surface area (Å²) in [7, 11) is 1.39. The monoisotopic (exact) mass is 467 g/mol. The second kappa shape index (κ2) is 11.0. The van der Waals surface area contributed by atoms with Crippen LogP contribution in [0.2, 0.25) is 0 Å². The number of ether oxygens (including phenoxy) is 2. The van der Waals surface area contributed by atoms with Crippen LogP contribution in [0.5, 0.6) is 11.5 Å². The average Bonchev–Trinajstić information content (AvgIpc) is 2.83. The van der Waals surface area contributed by atoms with Crippen LogP contribution >= 0.6 is 11.8 Å². The van der Waals surface area contributed by atoms with Crippen molar-refractivity contribution in [1.82, 2.24) is 0 Å². The maximum Gasteiger partial charge on any atom is 0.296 e. The highest BCUT2D eigenvalue weighted by Crippen LogP contribution is 2.29. The third-order valence-electron chi connectivity index (χ3n) is 4.49. The van der Waals surface area contributed by atoms with Gasteiger partial charge in [0.1, 0.15) is 17.2 Å². The van der Waals surface area contributed by atoms with Gasteiger partial charge in [0.2, 0.25) is 0 Å². The molecule has 0 aromatic heterocycles. The van der Waals surface area contributed by atoms with Crippen molar-refractivity contribution in [3.63, 3.8) is 0 Å². The minimum absolute atomic E-state index is 0.00843. The maximum atomic E-state index is 12.8. The molecule has 0 radical (unpaired) electrons. The van der Waals surface area contributed by atoms with Gasteiger partial charge in [-0.05, 0) is 48.7 Å². The highest BCUT2D eigenvalue weighted by atomic mass is 32.2. The van der Waals surface area contributed by atoms with Crippen LogP contribution in [0.3, 0.4) is 0 Å². The molecule has 0 spiro atoms. The Bertz CT molecular complexity index is 1180. The largest absolute Gasteiger partial charge is 0.496 e. The summed E-state index contributed by atoms with van der Waals surface area (Å²) in [6, 6.07) is 18.0. The van der Waals surface area contributed by atoms with E-state index in [-0.39, 0.29) is 22.7 Å². The molecule has 2 amide bonds. The summed E-state index contributed by atoms with van der Waals surface area (Å²) >= 11 is 1.56. The number of amides is 2. The maximum absolute atomic E-state index is 12.8. The molecule has 0 bridgehead atoms. The number of nitro benzene ring substituents is 1. The molecule has 0 aliphatic carbocycles. The molecule has 0 saturated heterocycles. The Balaban J connectivity index is 1.68. The Morgan fingerprint density at radius 3 is 2.55 bits per heavy atom. The van der Waals surface area contributed by atoms with E-state index in [0.717, 1.165) is 4.90 Å². The van der Waals surface area contributed by atoms with E-state index in [9.17, 15) is 19.7 Å². The van der Waals surface area contributed by atoms with Crippen LogP contribution in [0.15, 0.2) is 71.6 Å². The van der Waals surface area contributed by atoms with Crippen LogP contribution in [0.25, 0.3) is 0 Å². The van der Waals surface area contributed by atoms with Crippen LogP contribution in [0, 0.1) is 10.1 Å². The van der Waals surface area contributed by atoms with E-state index < -0.39 is 23.3 Å². The Morgan fingerprint density at radius 2 is 1.82 bits per heavy atom. The number of nitrogens with zero attached hydrogens (tertiary/aromatic N) is 1. The van der Waals surface area contributed by atoms with Crippen LogP contribution in [-0.4, -0.2) is 36.7 Å². The van der Waals surface area contributed by atoms with Gasteiger partial charge in [-0.1, -0.05) is 18.2 Å². The van der Waals surface area contributed by atoms with Crippen molar-refractivity contribution in [3.05, 3.63) is 82.4 Å². The lowest BCUT2D eigenvalue weighted by Crippen LogP contribution is -2.22. The van der Waals surface area contributed by atoms with E-state index in [2.05, 4.69) is 10.6 Å². The van der Waals surface area contributed by atoms with Gasteiger partial charge in [0, 0.05) is 10.6 Å². The lowest BCUT2D eigenvalue weighted by Gasteiger charge is -2.12. The molecule has 2 N–H and O–H groups in total. The molecule has 3 aromatic rings. The number of thioether (sulfide) groups is 1. The van der Waals surface area contributed by atoms with E-state index in [4.69, 9.17) is 9.47 Å². The SMILES string of the molecule is COc1ccc(NC(=O)COc2ccccc2C(=O)Nc2cccc(SC)c2)c([N+](=O)[O-])c1. The predicted molar refractivity (Wildman–Crippen MR) is 126 cm³/mol.